The molecule has 96 valence electrons. The smallest absolute Gasteiger partial charge is 0.311 e. The van der Waals surface area contributed by atoms with Crippen molar-refractivity contribution in [2.24, 2.45) is 5.92 Å². The normalized spacial score (nSPS) is 29.9. The zero-order valence-electron chi connectivity index (χ0n) is 10.0. The molecule has 0 bridgehead atoms. The number of carbonyl (C=O) groups is 1. The topological polar surface area (TPSA) is 49.3 Å². The van der Waals surface area contributed by atoms with Crippen LogP contribution in [0.15, 0.2) is 22.7 Å². The van der Waals surface area contributed by atoms with E-state index >= 15 is 0 Å². The number of hydrogen-bond donors (Lipinski definition) is 2. The van der Waals surface area contributed by atoms with Gasteiger partial charge in [-0.15, -0.1) is 0 Å². The molecular weight excluding hydrogens is 294 g/mol. The highest BCUT2D eigenvalue weighted by Crippen LogP contribution is 2.45. The van der Waals surface area contributed by atoms with Crippen LogP contribution in [0.5, 0.6) is 0 Å². The monoisotopic (exact) mass is 309 g/mol. The molecule has 1 aromatic rings. The summed E-state index contributed by atoms with van der Waals surface area (Å²) in [5.74, 6) is -0.810. The van der Waals surface area contributed by atoms with Gasteiger partial charge in [-0.05, 0) is 42.5 Å². The highest BCUT2D eigenvalue weighted by molar-refractivity contribution is 9.10. The first-order valence-electron chi connectivity index (χ1n) is 6.45. The molecule has 1 aliphatic heterocycles. The van der Waals surface area contributed by atoms with E-state index in [9.17, 15) is 9.90 Å². The molecule has 3 nitrogen and oxygen atoms in total. The van der Waals surface area contributed by atoms with Crippen molar-refractivity contribution in [2.45, 2.75) is 37.6 Å². The molecule has 1 heterocycles. The van der Waals surface area contributed by atoms with Crippen LogP contribution >= 0.6 is 15.9 Å². The quantitative estimate of drug-likeness (QED) is 0.833. The van der Waals surface area contributed by atoms with Crippen molar-refractivity contribution >= 4 is 27.6 Å². The van der Waals surface area contributed by atoms with Crippen LogP contribution in [-0.2, 0) is 4.79 Å². The Bertz CT molecular complexity index is 489. The highest BCUT2D eigenvalue weighted by Gasteiger charge is 2.41. The number of hydrogen-bond acceptors (Lipinski definition) is 2. The Hall–Kier alpha value is -1.03. The van der Waals surface area contributed by atoms with Crippen LogP contribution < -0.4 is 5.32 Å². The first-order chi connectivity index (χ1) is 8.66. The average molecular weight is 310 g/mol. The van der Waals surface area contributed by atoms with Crippen molar-refractivity contribution < 1.29 is 9.90 Å². The van der Waals surface area contributed by atoms with Crippen molar-refractivity contribution in [3.63, 3.8) is 0 Å². The van der Waals surface area contributed by atoms with Gasteiger partial charge in [0.25, 0.3) is 0 Å². The minimum Gasteiger partial charge on any atom is -0.481 e. The SMILES string of the molecule is O=C(O)C1c2cc(Br)ccc2NC2CCCCC21. The van der Waals surface area contributed by atoms with Crippen LogP contribution in [-0.4, -0.2) is 17.1 Å². The molecule has 0 aromatic heterocycles. The molecule has 18 heavy (non-hydrogen) atoms. The summed E-state index contributed by atoms with van der Waals surface area (Å²) in [6.45, 7) is 0. The standard InChI is InChI=1S/C14H16BrNO2/c15-8-5-6-12-10(7-8)13(14(17)18)9-3-1-2-4-11(9)16-12/h5-7,9,11,13,16H,1-4H2,(H,17,18). The number of benzene rings is 1. The number of halogens is 1. The highest BCUT2D eigenvalue weighted by atomic mass is 79.9. The minimum absolute atomic E-state index is 0.234. The number of rotatable bonds is 1. The number of nitrogens with one attached hydrogen (secondary N) is 1. The number of aliphatic carboxylic acids is 1. The third kappa shape index (κ3) is 1.92. The summed E-state index contributed by atoms with van der Waals surface area (Å²) >= 11 is 3.43. The summed E-state index contributed by atoms with van der Waals surface area (Å²) in [6, 6.07) is 6.23. The fourth-order valence-electron chi connectivity index (χ4n) is 3.41. The van der Waals surface area contributed by atoms with E-state index in [0.29, 0.717) is 6.04 Å². The van der Waals surface area contributed by atoms with Crippen molar-refractivity contribution in [3.05, 3.63) is 28.2 Å². The van der Waals surface area contributed by atoms with Gasteiger partial charge in [0.2, 0.25) is 0 Å². The number of anilines is 1. The second-order valence-electron chi connectivity index (χ2n) is 5.25. The van der Waals surface area contributed by atoms with E-state index in [4.69, 9.17) is 0 Å². The first kappa shape index (κ1) is 12.0. The summed E-state index contributed by atoms with van der Waals surface area (Å²) in [4.78, 5) is 11.6. The Balaban J connectivity index is 2.07. The molecular formula is C14H16BrNO2. The maximum absolute atomic E-state index is 11.6. The Morgan fingerprint density at radius 3 is 2.89 bits per heavy atom. The van der Waals surface area contributed by atoms with Gasteiger partial charge in [-0.1, -0.05) is 28.8 Å². The Morgan fingerprint density at radius 2 is 2.11 bits per heavy atom. The van der Waals surface area contributed by atoms with Gasteiger partial charge in [0.05, 0.1) is 5.92 Å². The molecule has 3 atom stereocenters. The Kier molecular flexibility index (Phi) is 3.06. The Morgan fingerprint density at radius 1 is 1.33 bits per heavy atom. The molecule has 2 N–H and O–H groups in total. The van der Waals surface area contributed by atoms with Crippen LogP contribution in [0.4, 0.5) is 5.69 Å². The van der Waals surface area contributed by atoms with Gasteiger partial charge in [-0.3, -0.25) is 4.79 Å². The van der Waals surface area contributed by atoms with Crippen LogP contribution in [0.25, 0.3) is 0 Å². The molecule has 1 aliphatic carbocycles. The molecule has 0 spiro atoms. The minimum atomic E-state index is -0.687. The van der Waals surface area contributed by atoms with Gasteiger partial charge in [-0.2, -0.15) is 0 Å². The molecule has 0 amide bonds. The molecule has 0 radical (unpaired) electrons. The predicted molar refractivity (Wildman–Crippen MR) is 73.9 cm³/mol. The van der Waals surface area contributed by atoms with Crippen LogP contribution in [0.1, 0.15) is 37.2 Å². The van der Waals surface area contributed by atoms with Crippen molar-refractivity contribution in [1.29, 1.82) is 0 Å². The van der Waals surface area contributed by atoms with Gasteiger partial charge >= 0.3 is 5.97 Å². The fraction of sp³-hybridized carbons (Fsp3) is 0.500. The molecule has 1 fully saturated rings. The van der Waals surface area contributed by atoms with Crippen molar-refractivity contribution in [2.75, 3.05) is 5.32 Å². The van der Waals surface area contributed by atoms with E-state index < -0.39 is 5.97 Å². The number of carboxylic acids is 1. The summed E-state index contributed by atoms with van der Waals surface area (Å²) in [6.07, 6.45) is 4.45. The third-order valence-corrected chi connectivity index (χ3v) is 4.70. The van der Waals surface area contributed by atoms with Gasteiger partial charge in [0.1, 0.15) is 0 Å². The Labute approximate surface area is 115 Å². The lowest BCUT2D eigenvalue weighted by molar-refractivity contribution is -0.140. The lowest BCUT2D eigenvalue weighted by Gasteiger charge is -2.41. The maximum Gasteiger partial charge on any atom is 0.311 e. The molecule has 3 rings (SSSR count). The van der Waals surface area contributed by atoms with E-state index in [1.165, 1.54) is 6.42 Å². The van der Waals surface area contributed by atoms with Gasteiger partial charge in [0, 0.05) is 16.2 Å². The van der Waals surface area contributed by atoms with E-state index in [1.54, 1.807) is 0 Å². The van der Waals surface area contributed by atoms with Crippen LogP contribution in [0.3, 0.4) is 0 Å². The fourth-order valence-corrected chi connectivity index (χ4v) is 3.79. The van der Waals surface area contributed by atoms with Crippen molar-refractivity contribution in [3.8, 4) is 0 Å². The second-order valence-corrected chi connectivity index (χ2v) is 6.16. The molecule has 3 unspecified atom stereocenters. The summed E-state index contributed by atoms with van der Waals surface area (Å²) in [7, 11) is 0. The van der Waals surface area contributed by atoms with E-state index in [1.807, 2.05) is 18.2 Å². The van der Waals surface area contributed by atoms with Gasteiger partial charge < -0.3 is 10.4 Å². The van der Waals surface area contributed by atoms with Crippen LogP contribution in [0.2, 0.25) is 0 Å². The lowest BCUT2D eigenvalue weighted by atomic mass is 9.71. The molecule has 1 aromatic carbocycles. The zero-order chi connectivity index (χ0) is 12.7. The zero-order valence-corrected chi connectivity index (χ0v) is 11.6. The summed E-state index contributed by atoms with van der Waals surface area (Å²) in [5.41, 5.74) is 1.92. The molecule has 0 saturated heterocycles. The van der Waals surface area contributed by atoms with Crippen molar-refractivity contribution in [1.82, 2.24) is 0 Å². The second kappa shape index (κ2) is 4.57. The van der Waals surface area contributed by atoms with E-state index in [0.717, 1.165) is 35.0 Å². The predicted octanol–water partition coefficient (Wildman–Crippen LogP) is 3.60. The van der Waals surface area contributed by atoms with Gasteiger partial charge in [0.15, 0.2) is 0 Å². The number of fused-ring (bicyclic) bond motifs is 2. The average Bonchev–Trinajstić information content (AvgIpc) is 2.35. The van der Waals surface area contributed by atoms with E-state index in [-0.39, 0.29) is 11.8 Å². The summed E-state index contributed by atoms with van der Waals surface area (Å²) in [5, 5.41) is 13.1. The number of carboxylic acid groups (broad SMARTS) is 1. The molecule has 2 aliphatic rings. The third-order valence-electron chi connectivity index (χ3n) is 4.20. The van der Waals surface area contributed by atoms with Crippen LogP contribution in [0, 0.1) is 5.92 Å². The van der Waals surface area contributed by atoms with Gasteiger partial charge in [-0.25, -0.2) is 0 Å². The van der Waals surface area contributed by atoms with E-state index in [2.05, 4.69) is 21.2 Å². The molecule has 4 heteroatoms. The maximum atomic E-state index is 11.6. The first-order valence-corrected chi connectivity index (χ1v) is 7.25. The largest absolute Gasteiger partial charge is 0.481 e. The molecule has 1 saturated carbocycles. The lowest BCUT2D eigenvalue weighted by Crippen LogP contribution is -2.42. The summed E-state index contributed by atoms with van der Waals surface area (Å²) < 4.78 is 0.948.